The van der Waals surface area contributed by atoms with Crippen molar-refractivity contribution >= 4 is 35.1 Å². The molecule has 1 atom stereocenters. The van der Waals surface area contributed by atoms with E-state index in [-0.39, 0.29) is 18.2 Å². The second kappa shape index (κ2) is 7.84. The Hall–Kier alpha value is -2.12. The van der Waals surface area contributed by atoms with Crippen LogP contribution in [0.25, 0.3) is 0 Å². The Balaban J connectivity index is 1.67. The molecule has 0 saturated carbocycles. The number of rotatable bonds is 3. The van der Waals surface area contributed by atoms with Gasteiger partial charge < -0.3 is 15.1 Å². The van der Waals surface area contributed by atoms with E-state index in [1.165, 1.54) is 0 Å². The molecule has 7 nitrogen and oxygen atoms in total. The van der Waals surface area contributed by atoms with Crippen LogP contribution in [0.5, 0.6) is 0 Å². The van der Waals surface area contributed by atoms with Gasteiger partial charge in [-0.05, 0) is 30.8 Å². The van der Waals surface area contributed by atoms with E-state index in [9.17, 15) is 9.59 Å². The topological polar surface area (TPSA) is 77.0 Å². The van der Waals surface area contributed by atoms with Crippen molar-refractivity contribution in [1.29, 1.82) is 0 Å². The van der Waals surface area contributed by atoms with Crippen molar-refractivity contribution in [3.63, 3.8) is 0 Å². The first-order chi connectivity index (χ1) is 12.0. The van der Waals surface area contributed by atoms with Gasteiger partial charge in [-0.25, -0.2) is 4.99 Å². The van der Waals surface area contributed by atoms with Gasteiger partial charge >= 0.3 is 0 Å². The van der Waals surface area contributed by atoms with Crippen LogP contribution in [0, 0.1) is 0 Å². The van der Waals surface area contributed by atoms with Crippen LogP contribution in [-0.2, 0) is 9.59 Å². The number of amides is 2. The third-order valence-corrected chi connectivity index (χ3v) is 4.69. The summed E-state index contributed by atoms with van der Waals surface area (Å²) in [6.45, 7) is 6.57. The van der Waals surface area contributed by atoms with E-state index in [0.29, 0.717) is 16.7 Å². The molecule has 1 aromatic carbocycles. The van der Waals surface area contributed by atoms with Crippen LogP contribution in [0.4, 0.5) is 5.69 Å². The van der Waals surface area contributed by atoms with Crippen molar-refractivity contribution in [2.24, 2.45) is 4.99 Å². The number of nitrogens with zero attached hydrogens (tertiary/aromatic N) is 3. The molecule has 1 saturated heterocycles. The van der Waals surface area contributed by atoms with E-state index >= 15 is 0 Å². The van der Waals surface area contributed by atoms with Gasteiger partial charge in [-0.2, -0.15) is 0 Å². The maximum atomic E-state index is 12.5. The Morgan fingerprint density at radius 2 is 1.96 bits per heavy atom. The summed E-state index contributed by atoms with van der Waals surface area (Å²) < 4.78 is 0. The molecule has 8 heteroatoms. The lowest BCUT2D eigenvalue weighted by Gasteiger charge is -2.37. The Bertz CT molecular complexity index is 668. The Morgan fingerprint density at radius 1 is 1.28 bits per heavy atom. The monoisotopic (exact) mass is 363 g/mol. The van der Waals surface area contributed by atoms with E-state index in [0.717, 1.165) is 32.7 Å². The van der Waals surface area contributed by atoms with Gasteiger partial charge in [0.2, 0.25) is 17.8 Å². The second-order valence-corrected chi connectivity index (χ2v) is 6.57. The van der Waals surface area contributed by atoms with Crippen molar-refractivity contribution in [2.45, 2.75) is 19.4 Å². The van der Waals surface area contributed by atoms with Crippen molar-refractivity contribution in [3.05, 3.63) is 29.3 Å². The molecular formula is C17H22ClN5O2. The molecule has 25 heavy (non-hydrogen) atoms. The molecule has 0 aromatic heterocycles. The average Bonchev–Trinajstić information content (AvgIpc) is 2.63. The Labute approximate surface area is 152 Å². The maximum Gasteiger partial charge on any atom is 0.249 e. The quantitative estimate of drug-likeness (QED) is 0.845. The summed E-state index contributed by atoms with van der Waals surface area (Å²) in [4.78, 5) is 33.3. The van der Waals surface area contributed by atoms with E-state index in [1.54, 1.807) is 24.3 Å². The Kier molecular flexibility index (Phi) is 5.55. The molecule has 1 aromatic rings. The standard InChI is InChI=1S/C17H22ClN5O2/c1-2-22-7-9-23(10-8-22)17-20-14(11-15(24)21-17)16(25)19-13-5-3-12(18)4-6-13/h3-6,14H,2,7-11H2,1H3,(H,19,25)(H,20,21,24)/t14-/m1/s1. The fraction of sp³-hybridized carbons (Fsp3) is 0.471. The molecular weight excluding hydrogens is 342 g/mol. The SMILES string of the molecule is CCN1CCN(C2=N[C@@H](C(=O)Nc3ccc(Cl)cc3)CC(=O)N2)CC1. The van der Waals surface area contributed by atoms with Gasteiger partial charge in [-0.1, -0.05) is 18.5 Å². The number of likely N-dealkylation sites (N-methyl/N-ethyl adjacent to an activating group) is 1. The minimum absolute atomic E-state index is 0.0534. The van der Waals surface area contributed by atoms with Gasteiger partial charge in [-0.15, -0.1) is 0 Å². The fourth-order valence-corrected chi connectivity index (χ4v) is 3.05. The zero-order valence-corrected chi connectivity index (χ0v) is 14.9. The average molecular weight is 364 g/mol. The third kappa shape index (κ3) is 4.49. The predicted octanol–water partition coefficient (Wildman–Crippen LogP) is 1.16. The maximum absolute atomic E-state index is 12.5. The number of carbonyl (C=O) groups is 2. The number of benzene rings is 1. The zero-order chi connectivity index (χ0) is 17.8. The van der Waals surface area contributed by atoms with Crippen LogP contribution in [0.1, 0.15) is 13.3 Å². The molecule has 0 spiro atoms. The zero-order valence-electron chi connectivity index (χ0n) is 14.2. The lowest BCUT2D eigenvalue weighted by atomic mass is 10.1. The number of hydrogen-bond donors (Lipinski definition) is 2. The van der Waals surface area contributed by atoms with Crippen molar-refractivity contribution in [1.82, 2.24) is 15.1 Å². The highest BCUT2D eigenvalue weighted by Gasteiger charge is 2.30. The van der Waals surface area contributed by atoms with E-state index in [1.807, 2.05) is 4.90 Å². The number of carbonyl (C=O) groups excluding carboxylic acids is 2. The van der Waals surface area contributed by atoms with E-state index in [2.05, 4.69) is 27.4 Å². The summed E-state index contributed by atoms with van der Waals surface area (Å²) in [5.74, 6) is 0.0318. The van der Waals surface area contributed by atoms with Gasteiger partial charge in [-0.3, -0.25) is 14.9 Å². The molecule has 3 rings (SSSR count). The molecule has 2 aliphatic heterocycles. The lowest BCUT2D eigenvalue weighted by molar-refractivity contribution is -0.125. The smallest absolute Gasteiger partial charge is 0.249 e. The lowest BCUT2D eigenvalue weighted by Crippen LogP contribution is -2.56. The normalized spacial score (nSPS) is 21.5. The number of guanidine groups is 1. The van der Waals surface area contributed by atoms with Crippen LogP contribution < -0.4 is 10.6 Å². The van der Waals surface area contributed by atoms with E-state index < -0.39 is 6.04 Å². The predicted molar refractivity (Wildman–Crippen MR) is 97.8 cm³/mol. The largest absolute Gasteiger partial charge is 0.340 e. The molecule has 134 valence electrons. The van der Waals surface area contributed by atoms with Crippen LogP contribution in [0.15, 0.2) is 29.3 Å². The van der Waals surface area contributed by atoms with Crippen molar-refractivity contribution < 1.29 is 9.59 Å². The highest BCUT2D eigenvalue weighted by molar-refractivity contribution is 6.30. The number of hydrogen-bond acceptors (Lipinski definition) is 5. The van der Waals surface area contributed by atoms with Crippen molar-refractivity contribution in [3.8, 4) is 0 Å². The number of halogens is 1. The first-order valence-corrected chi connectivity index (χ1v) is 8.84. The summed E-state index contributed by atoms with van der Waals surface area (Å²) in [5, 5.41) is 6.18. The summed E-state index contributed by atoms with van der Waals surface area (Å²) in [7, 11) is 0. The molecule has 2 heterocycles. The molecule has 2 amide bonds. The summed E-state index contributed by atoms with van der Waals surface area (Å²) in [6, 6.07) is 6.12. The first-order valence-electron chi connectivity index (χ1n) is 8.46. The third-order valence-electron chi connectivity index (χ3n) is 4.44. The van der Waals surface area contributed by atoms with Gasteiger partial charge in [0.15, 0.2) is 0 Å². The second-order valence-electron chi connectivity index (χ2n) is 6.14. The molecule has 0 aliphatic carbocycles. The van der Waals surface area contributed by atoms with Crippen LogP contribution in [-0.4, -0.2) is 66.3 Å². The minimum Gasteiger partial charge on any atom is -0.340 e. The molecule has 1 fully saturated rings. The van der Waals surface area contributed by atoms with Gasteiger partial charge in [0, 0.05) is 36.9 Å². The number of piperazine rings is 1. The minimum atomic E-state index is -0.719. The molecule has 0 bridgehead atoms. The molecule has 2 aliphatic rings. The van der Waals surface area contributed by atoms with Crippen molar-refractivity contribution in [2.75, 3.05) is 38.0 Å². The van der Waals surface area contributed by atoms with E-state index in [4.69, 9.17) is 11.6 Å². The number of nitrogens with one attached hydrogen (secondary N) is 2. The van der Waals surface area contributed by atoms with Gasteiger partial charge in [0.05, 0.1) is 6.42 Å². The molecule has 0 unspecified atom stereocenters. The summed E-state index contributed by atoms with van der Waals surface area (Å²) in [5.41, 5.74) is 0.633. The van der Waals surface area contributed by atoms with Gasteiger partial charge in [0.1, 0.15) is 6.04 Å². The summed E-state index contributed by atoms with van der Waals surface area (Å²) >= 11 is 5.85. The number of aliphatic imine (C=N–C) groups is 1. The first kappa shape index (κ1) is 17.7. The highest BCUT2D eigenvalue weighted by Crippen LogP contribution is 2.16. The summed E-state index contributed by atoms with van der Waals surface area (Å²) in [6.07, 6.45) is 0.0534. The fourth-order valence-electron chi connectivity index (χ4n) is 2.92. The van der Waals surface area contributed by atoms with Crippen LogP contribution in [0.2, 0.25) is 5.02 Å². The van der Waals surface area contributed by atoms with Gasteiger partial charge in [0.25, 0.3) is 0 Å². The molecule has 2 N–H and O–H groups in total. The highest BCUT2D eigenvalue weighted by atomic mass is 35.5. The molecule has 0 radical (unpaired) electrons. The number of anilines is 1. The van der Waals surface area contributed by atoms with Crippen LogP contribution >= 0.6 is 11.6 Å². The van der Waals surface area contributed by atoms with Crippen LogP contribution in [0.3, 0.4) is 0 Å². The Morgan fingerprint density at radius 3 is 2.60 bits per heavy atom.